The summed E-state index contributed by atoms with van der Waals surface area (Å²) in [6.07, 6.45) is 3.23. The minimum Gasteiger partial charge on any atom is -0.383 e. The summed E-state index contributed by atoms with van der Waals surface area (Å²) in [7, 11) is 0. The van der Waals surface area contributed by atoms with E-state index in [9.17, 15) is 18.4 Å². The van der Waals surface area contributed by atoms with Gasteiger partial charge in [-0.25, -0.2) is 13.5 Å². The normalized spacial score (nSPS) is 13.3. The molecule has 29 heavy (non-hydrogen) atoms. The van der Waals surface area contributed by atoms with Gasteiger partial charge in [-0.1, -0.05) is 6.07 Å². The molecule has 3 aromatic rings. The Bertz CT molecular complexity index is 1140. The number of nitrogens with zero attached hydrogens (tertiary/aromatic N) is 2. The summed E-state index contributed by atoms with van der Waals surface area (Å²) in [5.74, 6) is -2.87. The number of aryl methyl sites for hydroxylation is 1. The van der Waals surface area contributed by atoms with Crippen molar-refractivity contribution in [3.63, 3.8) is 0 Å². The quantitative estimate of drug-likeness (QED) is 0.649. The third kappa shape index (κ3) is 3.61. The summed E-state index contributed by atoms with van der Waals surface area (Å²) < 4.78 is 28.0. The maximum Gasteiger partial charge on any atom is 0.251 e. The van der Waals surface area contributed by atoms with E-state index < -0.39 is 17.4 Å². The second-order valence-electron chi connectivity index (χ2n) is 7.06. The second-order valence-corrected chi connectivity index (χ2v) is 7.06. The SMILES string of the molecule is Cc1ccc(C(=O)NC2CC2)cc1-n1ncc(C(=O)c2ccc(F)c(F)c2)c1N. The first-order valence-corrected chi connectivity index (χ1v) is 9.10. The molecule has 0 atom stereocenters. The zero-order chi connectivity index (χ0) is 20.7. The van der Waals surface area contributed by atoms with Gasteiger partial charge in [0.15, 0.2) is 17.4 Å². The van der Waals surface area contributed by atoms with Crippen molar-refractivity contribution in [3.05, 3.63) is 76.5 Å². The van der Waals surface area contributed by atoms with Crippen LogP contribution in [-0.2, 0) is 0 Å². The van der Waals surface area contributed by atoms with E-state index in [1.165, 1.54) is 16.9 Å². The maximum atomic E-state index is 13.5. The predicted molar refractivity (Wildman–Crippen MR) is 103 cm³/mol. The number of hydrogen-bond donors (Lipinski definition) is 2. The van der Waals surface area contributed by atoms with Crippen molar-refractivity contribution < 1.29 is 18.4 Å². The molecule has 1 amide bonds. The molecule has 2 aromatic carbocycles. The van der Waals surface area contributed by atoms with Crippen molar-refractivity contribution in [2.45, 2.75) is 25.8 Å². The van der Waals surface area contributed by atoms with Gasteiger partial charge in [-0.05, 0) is 55.7 Å². The highest BCUT2D eigenvalue weighted by molar-refractivity contribution is 6.11. The number of nitrogens with one attached hydrogen (secondary N) is 1. The molecular formula is C21H18F2N4O2. The molecule has 0 aliphatic heterocycles. The summed E-state index contributed by atoms with van der Waals surface area (Å²) in [4.78, 5) is 25.0. The number of benzene rings is 2. The number of amides is 1. The van der Waals surface area contributed by atoms with Crippen LogP contribution >= 0.6 is 0 Å². The summed E-state index contributed by atoms with van der Waals surface area (Å²) >= 11 is 0. The highest BCUT2D eigenvalue weighted by Gasteiger charge is 2.25. The lowest BCUT2D eigenvalue weighted by Crippen LogP contribution is -2.25. The molecule has 1 fully saturated rings. The van der Waals surface area contributed by atoms with Crippen LogP contribution in [0.3, 0.4) is 0 Å². The molecule has 1 aromatic heterocycles. The Hall–Kier alpha value is -3.55. The predicted octanol–water partition coefficient (Wildman–Crippen LogP) is 3.16. The van der Waals surface area contributed by atoms with Crippen LogP contribution < -0.4 is 11.1 Å². The monoisotopic (exact) mass is 396 g/mol. The van der Waals surface area contributed by atoms with Crippen molar-refractivity contribution in [2.24, 2.45) is 0 Å². The molecule has 1 aliphatic carbocycles. The lowest BCUT2D eigenvalue weighted by molar-refractivity contribution is 0.0950. The number of nitrogens with two attached hydrogens (primary N) is 1. The molecule has 1 aliphatic rings. The first-order chi connectivity index (χ1) is 13.8. The minimum absolute atomic E-state index is 0.0376. The number of carbonyl (C=O) groups excluding carboxylic acids is 2. The fourth-order valence-corrected chi connectivity index (χ4v) is 2.99. The highest BCUT2D eigenvalue weighted by atomic mass is 19.2. The third-order valence-corrected chi connectivity index (χ3v) is 4.84. The molecule has 0 unspecified atom stereocenters. The van der Waals surface area contributed by atoms with Crippen molar-refractivity contribution in [1.29, 1.82) is 0 Å². The zero-order valence-electron chi connectivity index (χ0n) is 15.6. The molecule has 0 spiro atoms. The molecule has 3 N–H and O–H groups in total. The Kier molecular flexibility index (Phi) is 4.62. The molecule has 4 rings (SSSR count). The van der Waals surface area contributed by atoms with Gasteiger partial charge in [-0.2, -0.15) is 5.10 Å². The van der Waals surface area contributed by atoms with E-state index in [0.717, 1.165) is 30.5 Å². The molecule has 8 heteroatoms. The summed E-state index contributed by atoms with van der Waals surface area (Å²) in [5.41, 5.74) is 7.97. The molecule has 1 heterocycles. The van der Waals surface area contributed by atoms with E-state index in [0.29, 0.717) is 11.3 Å². The van der Waals surface area contributed by atoms with Crippen molar-refractivity contribution in [2.75, 3.05) is 5.73 Å². The van der Waals surface area contributed by atoms with Gasteiger partial charge in [-0.15, -0.1) is 0 Å². The Morgan fingerprint density at radius 3 is 2.52 bits per heavy atom. The number of anilines is 1. The average Bonchev–Trinajstić information content (AvgIpc) is 3.43. The van der Waals surface area contributed by atoms with Crippen molar-refractivity contribution in [3.8, 4) is 5.69 Å². The van der Waals surface area contributed by atoms with E-state index in [2.05, 4.69) is 10.4 Å². The fraction of sp³-hybridized carbons (Fsp3) is 0.190. The Labute approximate surface area is 165 Å². The molecular weight excluding hydrogens is 378 g/mol. The van der Waals surface area contributed by atoms with Crippen LogP contribution in [-0.4, -0.2) is 27.5 Å². The molecule has 0 radical (unpaired) electrons. The zero-order valence-corrected chi connectivity index (χ0v) is 15.6. The number of aromatic nitrogens is 2. The number of halogens is 2. The number of ketones is 1. The van der Waals surface area contributed by atoms with Gasteiger partial charge in [-0.3, -0.25) is 9.59 Å². The van der Waals surface area contributed by atoms with Gasteiger partial charge in [0.25, 0.3) is 5.91 Å². The maximum absolute atomic E-state index is 13.5. The van der Waals surface area contributed by atoms with E-state index in [1.807, 2.05) is 6.92 Å². The van der Waals surface area contributed by atoms with Gasteiger partial charge >= 0.3 is 0 Å². The Morgan fingerprint density at radius 1 is 1.10 bits per heavy atom. The minimum atomic E-state index is -1.12. The first kappa shape index (κ1) is 18.8. The van der Waals surface area contributed by atoms with E-state index in [1.54, 1.807) is 18.2 Å². The number of nitrogen functional groups attached to an aromatic ring is 1. The number of rotatable bonds is 5. The topological polar surface area (TPSA) is 90.0 Å². The lowest BCUT2D eigenvalue weighted by atomic mass is 10.1. The standard InChI is InChI=1S/C21H18F2N4O2/c1-11-2-3-13(21(29)26-14-5-6-14)9-18(11)27-20(24)15(10-25-27)19(28)12-4-7-16(22)17(23)8-12/h2-4,7-10,14H,5-6,24H2,1H3,(H,26,29). The molecule has 6 nitrogen and oxygen atoms in total. The first-order valence-electron chi connectivity index (χ1n) is 9.10. The Balaban J connectivity index is 1.68. The van der Waals surface area contributed by atoms with Gasteiger partial charge in [0, 0.05) is 17.2 Å². The summed E-state index contributed by atoms with van der Waals surface area (Å²) in [6.45, 7) is 1.83. The van der Waals surface area contributed by atoms with E-state index in [4.69, 9.17) is 5.73 Å². The van der Waals surface area contributed by atoms with Gasteiger partial charge in [0.2, 0.25) is 0 Å². The number of hydrogen-bond acceptors (Lipinski definition) is 4. The largest absolute Gasteiger partial charge is 0.383 e. The fourth-order valence-electron chi connectivity index (χ4n) is 2.99. The third-order valence-electron chi connectivity index (χ3n) is 4.84. The van der Waals surface area contributed by atoms with Crippen molar-refractivity contribution in [1.82, 2.24) is 15.1 Å². The highest BCUT2D eigenvalue weighted by Crippen LogP contribution is 2.25. The van der Waals surface area contributed by atoms with Gasteiger partial charge < -0.3 is 11.1 Å². The lowest BCUT2D eigenvalue weighted by Gasteiger charge is -2.11. The molecule has 1 saturated carbocycles. The van der Waals surface area contributed by atoms with Gasteiger partial charge in [0.05, 0.1) is 17.4 Å². The van der Waals surface area contributed by atoms with E-state index in [-0.39, 0.29) is 28.9 Å². The average molecular weight is 396 g/mol. The molecule has 0 saturated heterocycles. The van der Waals surface area contributed by atoms with Gasteiger partial charge in [0.1, 0.15) is 5.82 Å². The smallest absolute Gasteiger partial charge is 0.251 e. The van der Waals surface area contributed by atoms with Crippen LogP contribution in [0.25, 0.3) is 5.69 Å². The van der Waals surface area contributed by atoms with E-state index >= 15 is 0 Å². The van der Waals surface area contributed by atoms with Crippen molar-refractivity contribution >= 4 is 17.5 Å². The summed E-state index contributed by atoms with van der Waals surface area (Å²) in [6, 6.07) is 8.26. The molecule has 148 valence electrons. The van der Waals surface area contributed by atoms with Crippen LogP contribution in [0.1, 0.15) is 44.7 Å². The van der Waals surface area contributed by atoms with Crippen LogP contribution in [0.5, 0.6) is 0 Å². The van der Waals surface area contributed by atoms with Crippen LogP contribution in [0.4, 0.5) is 14.6 Å². The van der Waals surface area contributed by atoms with Crippen LogP contribution in [0, 0.1) is 18.6 Å². The summed E-state index contributed by atoms with van der Waals surface area (Å²) in [5, 5.41) is 7.10. The second kappa shape index (κ2) is 7.12. The number of carbonyl (C=O) groups is 2. The molecule has 0 bridgehead atoms. The van der Waals surface area contributed by atoms with Crippen LogP contribution in [0.15, 0.2) is 42.6 Å². The Morgan fingerprint density at radius 2 is 1.83 bits per heavy atom. The van der Waals surface area contributed by atoms with Crippen LogP contribution in [0.2, 0.25) is 0 Å².